The first-order valence-corrected chi connectivity index (χ1v) is 5.84. The highest BCUT2D eigenvalue weighted by molar-refractivity contribution is 4.97. The molecule has 3 heteroatoms. The Balaban J connectivity index is 2.05. The third-order valence-corrected chi connectivity index (χ3v) is 3.86. The van der Waals surface area contributed by atoms with Crippen molar-refractivity contribution in [1.29, 1.82) is 0 Å². The van der Waals surface area contributed by atoms with Gasteiger partial charge in [0.15, 0.2) is 0 Å². The second kappa shape index (κ2) is 3.80. The monoisotopic (exact) mass is 197 g/mol. The molecule has 82 valence electrons. The predicted molar refractivity (Wildman–Crippen MR) is 59.3 cm³/mol. The van der Waals surface area contributed by atoms with E-state index in [1.807, 2.05) is 0 Å². The van der Waals surface area contributed by atoms with Crippen LogP contribution in [-0.2, 0) is 0 Å². The fourth-order valence-electron chi connectivity index (χ4n) is 3.00. The van der Waals surface area contributed by atoms with Gasteiger partial charge in [0, 0.05) is 24.2 Å². The summed E-state index contributed by atoms with van der Waals surface area (Å²) in [5.74, 6) is 0. The van der Waals surface area contributed by atoms with Crippen molar-refractivity contribution in [2.24, 2.45) is 5.73 Å². The van der Waals surface area contributed by atoms with E-state index < -0.39 is 0 Å². The van der Waals surface area contributed by atoms with Gasteiger partial charge in [0.25, 0.3) is 0 Å². The van der Waals surface area contributed by atoms with E-state index in [9.17, 15) is 0 Å². The topological polar surface area (TPSA) is 41.3 Å². The Morgan fingerprint density at radius 3 is 2.79 bits per heavy atom. The van der Waals surface area contributed by atoms with Crippen molar-refractivity contribution in [3.63, 3.8) is 0 Å². The minimum Gasteiger partial charge on any atom is -0.325 e. The van der Waals surface area contributed by atoms with Gasteiger partial charge < -0.3 is 11.1 Å². The van der Waals surface area contributed by atoms with Crippen LogP contribution in [0.3, 0.4) is 0 Å². The van der Waals surface area contributed by atoms with E-state index in [1.54, 1.807) is 0 Å². The minimum absolute atomic E-state index is 0.320. The Hall–Kier alpha value is -0.120. The molecule has 2 rings (SSSR count). The van der Waals surface area contributed by atoms with Gasteiger partial charge in [0.05, 0.1) is 0 Å². The number of nitrogens with one attached hydrogen (secondary N) is 1. The second-order valence-corrected chi connectivity index (χ2v) is 5.33. The molecular weight excluding hydrogens is 174 g/mol. The maximum absolute atomic E-state index is 6.18. The van der Waals surface area contributed by atoms with Crippen molar-refractivity contribution < 1.29 is 0 Å². The van der Waals surface area contributed by atoms with Gasteiger partial charge in [-0.1, -0.05) is 0 Å². The molecule has 3 nitrogen and oxygen atoms in total. The number of hydrogen-bond acceptors (Lipinski definition) is 3. The van der Waals surface area contributed by atoms with E-state index in [2.05, 4.69) is 24.1 Å². The normalized spacial score (nSPS) is 38.8. The summed E-state index contributed by atoms with van der Waals surface area (Å²) in [7, 11) is 0. The highest BCUT2D eigenvalue weighted by Crippen LogP contribution is 2.32. The Bertz CT molecular complexity index is 203. The summed E-state index contributed by atoms with van der Waals surface area (Å²) in [6.45, 7) is 8.07. The number of nitrogens with zero attached hydrogens (tertiary/aromatic N) is 1. The molecule has 2 aliphatic heterocycles. The molecule has 3 N–H and O–H groups in total. The number of piperidine rings is 1. The molecule has 2 unspecified atom stereocenters. The quantitative estimate of drug-likeness (QED) is 0.645. The van der Waals surface area contributed by atoms with E-state index in [1.165, 1.54) is 25.8 Å². The molecular formula is C11H23N3. The molecule has 0 bridgehead atoms. The van der Waals surface area contributed by atoms with Gasteiger partial charge in [-0.3, -0.25) is 4.90 Å². The van der Waals surface area contributed by atoms with Crippen LogP contribution in [-0.4, -0.2) is 42.2 Å². The van der Waals surface area contributed by atoms with Crippen molar-refractivity contribution in [3.8, 4) is 0 Å². The molecule has 2 aliphatic rings. The Morgan fingerprint density at radius 1 is 1.43 bits per heavy atom. The largest absolute Gasteiger partial charge is 0.325 e. The second-order valence-electron chi connectivity index (χ2n) is 5.33. The van der Waals surface area contributed by atoms with Gasteiger partial charge in [-0.05, 0) is 46.2 Å². The summed E-state index contributed by atoms with van der Waals surface area (Å²) < 4.78 is 0. The molecule has 2 heterocycles. The third kappa shape index (κ3) is 1.81. The molecule has 2 atom stereocenters. The minimum atomic E-state index is 0.320. The molecule has 0 aromatic carbocycles. The Morgan fingerprint density at radius 2 is 2.21 bits per heavy atom. The summed E-state index contributed by atoms with van der Waals surface area (Å²) in [4.78, 5) is 2.64. The van der Waals surface area contributed by atoms with Crippen LogP contribution in [0.25, 0.3) is 0 Å². The lowest BCUT2D eigenvalue weighted by atomic mass is 9.94. The zero-order valence-corrected chi connectivity index (χ0v) is 9.42. The van der Waals surface area contributed by atoms with Gasteiger partial charge in [-0.15, -0.1) is 0 Å². The summed E-state index contributed by atoms with van der Waals surface area (Å²) in [5, 5.41) is 3.36. The highest BCUT2D eigenvalue weighted by atomic mass is 15.3. The molecule has 0 aliphatic carbocycles. The van der Waals surface area contributed by atoms with Crippen LogP contribution in [0.5, 0.6) is 0 Å². The average Bonchev–Trinajstić information content (AvgIpc) is 2.46. The van der Waals surface area contributed by atoms with Gasteiger partial charge in [-0.25, -0.2) is 0 Å². The molecule has 0 radical (unpaired) electrons. The number of rotatable bonds is 1. The molecule has 0 aromatic rings. The molecule has 0 saturated carbocycles. The standard InChI is InChI=1S/C11H23N3/c1-11(2)5-3-7-14(11)10-4-6-13-8-9(10)12/h9-10,13H,3-8,12H2,1-2H3. The maximum atomic E-state index is 6.18. The van der Waals surface area contributed by atoms with Crippen LogP contribution in [0.15, 0.2) is 0 Å². The predicted octanol–water partition coefficient (Wildman–Crippen LogP) is 0.550. The smallest absolute Gasteiger partial charge is 0.0324 e. The molecule has 14 heavy (non-hydrogen) atoms. The third-order valence-electron chi connectivity index (χ3n) is 3.86. The first-order valence-electron chi connectivity index (χ1n) is 5.84. The fraction of sp³-hybridized carbons (Fsp3) is 1.00. The Kier molecular flexibility index (Phi) is 2.82. The van der Waals surface area contributed by atoms with Gasteiger partial charge in [-0.2, -0.15) is 0 Å². The van der Waals surface area contributed by atoms with Crippen molar-refractivity contribution in [1.82, 2.24) is 10.2 Å². The van der Waals surface area contributed by atoms with Crippen LogP contribution in [0.2, 0.25) is 0 Å². The first-order chi connectivity index (χ1) is 6.61. The van der Waals surface area contributed by atoms with Crippen molar-refractivity contribution in [2.45, 2.75) is 50.7 Å². The number of hydrogen-bond donors (Lipinski definition) is 2. The van der Waals surface area contributed by atoms with Crippen LogP contribution < -0.4 is 11.1 Å². The van der Waals surface area contributed by atoms with Crippen molar-refractivity contribution in [3.05, 3.63) is 0 Å². The molecule has 0 aromatic heterocycles. The van der Waals surface area contributed by atoms with E-state index in [-0.39, 0.29) is 0 Å². The average molecular weight is 197 g/mol. The molecule has 0 spiro atoms. The van der Waals surface area contributed by atoms with E-state index in [4.69, 9.17) is 5.73 Å². The Labute approximate surface area is 87.0 Å². The van der Waals surface area contributed by atoms with E-state index in [0.29, 0.717) is 17.6 Å². The summed E-state index contributed by atoms with van der Waals surface area (Å²) in [6, 6.07) is 0.926. The summed E-state index contributed by atoms with van der Waals surface area (Å²) in [6.07, 6.45) is 3.87. The fourth-order valence-corrected chi connectivity index (χ4v) is 3.00. The highest BCUT2D eigenvalue weighted by Gasteiger charge is 2.39. The number of likely N-dealkylation sites (tertiary alicyclic amines) is 1. The summed E-state index contributed by atoms with van der Waals surface area (Å²) >= 11 is 0. The van der Waals surface area contributed by atoms with Crippen LogP contribution in [0.1, 0.15) is 33.1 Å². The van der Waals surface area contributed by atoms with E-state index in [0.717, 1.165) is 13.1 Å². The van der Waals surface area contributed by atoms with Gasteiger partial charge in [0.2, 0.25) is 0 Å². The molecule has 2 fully saturated rings. The van der Waals surface area contributed by atoms with Crippen molar-refractivity contribution >= 4 is 0 Å². The van der Waals surface area contributed by atoms with Crippen LogP contribution in [0.4, 0.5) is 0 Å². The first kappa shape index (κ1) is 10.4. The van der Waals surface area contributed by atoms with Crippen molar-refractivity contribution in [2.75, 3.05) is 19.6 Å². The zero-order valence-electron chi connectivity index (χ0n) is 9.42. The van der Waals surface area contributed by atoms with Gasteiger partial charge >= 0.3 is 0 Å². The molecule has 0 amide bonds. The zero-order chi connectivity index (χ0) is 10.2. The number of nitrogens with two attached hydrogens (primary N) is 1. The van der Waals surface area contributed by atoms with Crippen LogP contribution in [0, 0.1) is 0 Å². The van der Waals surface area contributed by atoms with E-state index >= 15 is 0 Å². The molecule has 2 saturated heterocycles. The lowest BCUT2D eigenvalue weighted by Crippen LogP contribution is -2.59. The lowest BCUT2D eigenvalue weighted by molar-refractivity contribution is 0.0815. The lowest BCUT2D eigenvalue weighted by Gasteiger charge is -2.43. The maximum Gasteiger partial charge on any atom is 0.0324 e. The SMILES string of the molecule is CC1(C)CCCN1C1CCNCC1N. The summed E-state index contributed by atoms with van der Waals surface area (Å²) in [5.41, 5.74) is 6.55. The van der Waals surface area contributed by atoms with Gasteiger partial charge in [0.1, 0.15) is 0 Å². The van der Waals surface area contributed by atoms with Crippen LogP contribution >= 0.6 is 0 Å².